The van der Waals surface area contributed by atoms with Gasteiger partial charge in [0.15, 0.2) is 5.84 Å². The zero-order valence-corrected chi connectivity index (χ0v) is 8.07. The molecule has 76 valence electrons. The number of nitrogens with zero attached hydrogens (tertiary/aromatic N) is 1. The molecular weight excluding hydrogens is 168 g/mol. The molecule has 0 heterocycles. The summed E-state index contributed by atoms with van der Waals surface area (Å²) in [5.74, 6) is 0.826. The Morgan fingerprint density at radius 2 is 2.23 bits per heavy atom. The summed E-state index contributed by atoms with van der Waals surface area (Å²) in [6, 6.07) is 0. The van der Waals surface area contributed by atoms with Gasteiger partial charge >= 0.3 is 0 Å². The molecule has 0 aromatic carbocycles. The van der Waals surface area contributed by atoms with Crippen LogP contribution in [0.5, 0.6) is 0 Å². The van der Waals surface area contributed by atoms with Crippen molar-refractivity contribution in [2.75, 3.05) is 6.61 Å². The topological polar surface area (TPSA) is 67.8 Å². The predicted molar refractivity (Wildman–Crippen MR) is 50.8 cm³/mol. The van der Waals surface area contributed by atoms with Crippen LogP contribution in [0.4, 0.5) is 0 Å². The molecule has 0 radical (unpaired) electrons. The molecule has 0 bridgehead atoms. The van der Waals surface area contributed by atoms with Crippen LogP contribution in [0.2, 0.25) is 0 Å². The van der Waals surface area contributed by atoms with Crippen molar-refractivity contribution in [3.8, 4) is 0 Å². The van der Waals surface area contributed by atoms with E-state index < -0.39 is 0 Å². The fourth-order valence-corrected chi connectivity index (χ4v) is 1.62. The molecule has 1 saturated carbocycles. The van der Waals surface area contributed by atoms with E-state index in [0.29, 0.717) is 5.92 Å². The monoisotopic (exact) mass is 186 g/mol. The maximum absolute atomic E-state index is 8.38. The quantitative estimate of drug-likeness (QED) is 0.301. The molecule has 0 aliphatic heterocycles. The number of ether oxygens (including phenoxy) is 1. The summed E-state index contributed by atoms with van der Waals surface area (Å²) >= 11 is 0. The van der Waals surface area contributed by atoms with E-state index >= 15 is 0 Å². The largest absolute Gasteiger partial charge is 0.409 e. The van der Waals surface area contributed by atoms with Crippen molar-refractivity contribution in [2.45, 2.75) is 38.7 Å². The molecule has 0 spiro atoms. The summed E-state index contributed by atoms with van der Waals surface area (Å²) < 4.78 is 5.46. The van der Waals surface area contributed by atoms with E-state index in [2.05, 4.69) is 5.16 Å². The average molecular weight is 186 g/mol. The molecule has 3 N–H and O–H groups in total. The molecule has 1 unspecified atom stereocenters. The smallest absolute Gasteiger partial charge is 0.168 e. The Morgan fingerprint density at radius 3 is 2.77 bits per heavy atom. The zero-order valence-electron chi connectivity index (χ0n) is 8.07. The lowest BCUT2D eigenvalue weighted by atomic mass is 10.1. The van der Waals surface area contributed by atoms with Crippen LogP contribution in [0.15, 0.2) is 5.16 Å². The second-order valence-electron chi connectivity index (χ2n) is 3.65. The lowest BCUT2D eigenvalue weighted by Crippen LogP contribution is -2.30. The van der Waals surface area contributed by atoms with E-state index in [1.165, 1.54) is 25.7 Å². The predicted octanol–water partition coefficient (Wildman–Crippen LogP) is 1.33. The van der Waals surface area contributed by atoms with Crippen LogP contribution >= 0.6 is 0 Å². The first-order valence-electron chi connectivity index (χ1n) is 4.83. The fourth-order valence-electron chi connectivity index (χ4n) is 1.62. The van der Waals surface area contributed by atoms with Crippen LogP contribution in [-0.4, -0.2) is 23.8 Å². The first kappa shape index (κ1) is 10.3. The summed E-state index contributed by atoms with van der Waals surface area (Å²) in [4.78, 5) is 0. The van der Waals surface area contributed by atoms with Gasteiger partial charge < -0.3 is 15.7 Å². The van der Waals surface area contributed by atoms with Gasteiger partial charge in [-0.3, -0.25) is 0 Å². The van der Waals surface area contributed by atoms with Gasteiger partial charge in [0.05, 0.1) is 6.61 Å². The van der Waals surface area contributed by atoms with Gasteiger partial charge in [-0.1, -0.05) is 18.0 Å². The van der Waals surface area contributed by atoms with Crippen molar-refractivity contribution in [3.63, 3.8) is 0 Å². The molecule has 4 nitrogen and oxygen atoms in total. The van der Waals surface area contributed by atoms with Crippen LogP contribution in [0.25, 0.3) is 0 Å². The Bertz CT molecular complexity index is 176. The van der Waals surface area contributed by atoms with E-state index in [-0.39, 0.29) is 11.9 Å². The van der Waals surface area contributed by atoms with Crippen LogP contribution in [0.1, 0.15) is 32.6 Å². The highest BCUT2D eigenvalue weighted by Gasteiger charge is 2.17. The van der Waals surface area contributed by atoms with Gasteiger partial charge in [-0.2, -0.15) is 0 Å². The maximum atomic E-state index is 8.38. The second kappa shape index (κ2) is 5.07. The molecule has 0 aromatic rings. The Labute approximate surface area is 78.7 Å². The third-order valence-electron chi connectivity index (χ3n) is 2.59. The van der Waals surface area contributed by atoms with Crippen LogP contribution in [0.3, 0.4) is 0 Å². The molecule has 1 fully saturated rings. The highest BCUT2D eigenvalue weighted by atomic mass is 16.5. The average Bonchev–Trinajstić information content (AvgIpc) is 2.65. The van der Waals surface area contributed by atoms with E-state index in [9.17, 15) is 0 Å². The van der Waals surface area contributed by atoms with Crippen LogP contribution in [-0.2, 0) is 4.74 Å². The molecule has 0 saturated heterocycles. The third-order valence-corrected chi connectivity index (χ3v) is 2.59. The molecule has 0 aromatic heterocycles. The molecule has 13 heavy (non-hydrogen) atoms. The van der Waals surface area contributed by atoms with Crippen molar-refractivity contribution in [1.29, 1.82) is 0 Å². The minimum atomic E-state index is -0.273. The normalized spacial score (nSPS) is 22.1. The van der Waals surface area contributed by atoms with Gasteiger partial charge in [0.2, 0.25) is 0 Å². The van der Waals surface area contributed by atoms with Gasteiger partial charge in [0, 0.05) is 0 Å². The zero-order chi connectivity index (χ0) is 9.68. The standard InChI is InChI=1S/C9H18N2O2/c1-7(9(10)11-12)13-6-8-4-2-3-5-8/h7-8,12H,2-6H2,1H3,(H2,10,11). The Morgan fingerprint density at radius 1 is 1.62 bits per heavy atom. The first-order chi connectivity index (χ1) is 6.24. The highest BCUT2D eigenvalue weighted by molar-refractivity contribution is 5.83. The number of rotatable bonds is 4. The van der Waals surface area contributed by atoms with Gasteiger partial charge in [0.1, 0.15) is 6.10 Å². The Balaban J connectivity index is 2.17. The van der Waals surface area contributed by atoms with Crippen molar-refractivity contribution < 1.29 is 9.94 Å². The van der Waals surface area contributed by atoms with Crippen molar-refractivity contribution in [1.82, 2.24) is 0 Å². The number of hydrogen-bond donors (Lipinski definition) is 2. The van der Waals surface area contributed by atoms with Crippen molar-refractivity contribution >= 4 is 5.84 Å². The van der Waals surface area contributed by atoms with E-state index in [4.69, 9.17) is 15.7 Å². The number of oxime groups is 1. The summed E-state index contributed by atoms with van der Waals surface area (Å²) in [5.41, 5.74) is 5.38. The molecule has 1 aliphatic rings. The highest BCUT2D eigenvalue weighted by Crippen LogP contribution is 2.24. The fraction of sp³-hybridized carbons (Fsp3) is 0.889. The summed E-state index contributed by atoms with van der Waals surface area (Å²) in [6.07, 6.45) is 4.86. The van der Waals surface area contributed by atoms with E-state index in [0.717, 1.165) is 6.61 Å². The molecule has 0 amide bonds. The summed E-state index contributed by atoms with van der Waals surface area (Å²) in [6.45, 7) is 2.53. The maximum Gasteiger partial charge on any atom is 0.168 e. The minimum Gasteiger partial charge on any atom is -0.409 e. The van der Waals surface area contributed by atoms with Crippen LogP contribution < -0.4 is 5.73 Å². The lowest BCUT2D eigenvalue weighted by molar-refractivity contribution is 0.0768. The second-order valence-corrected chi connectivity index (χ2v) is 3.65. The third kappa shape index (κ3) is 3.22. The molecule has 4 heteroatoms. The summed E-state index contributed by atoms with van der Waals surface area (Å²) in [5, 5.41) is 11.3. The van der Waals surface area contributed by atoms with Crippen molar-refractivity contribution in [2.24, 2.45) is 16.8 Å². The number of amidine groups is 1. The van der Waals surface area contributed by atoms with Crippen molar-refractivity contribution in [3.05, 3.63) is 0 Å². The van der Waals surface area contributed by atoms with Gasteiger partial charge in [-0.25, -0.2) is 0 Å². The Kier molecular flexibility index (Phi) is 4.02. The molecule has 1 atom stereocenters. The minimum absolute atomic E-state index is 0.151. The van der Waals surface area contributed by atoms with Gasteiger partial charge in [0.25, 0.3) is 0 Å². The van der Waals surface area contributed by atoms with Gasteiger partial charge in [-0.05, 0) is 25.7 Å². The number of nitrogens with two attached hydrogens (primary N) is 1. The molecular formula is C9H18N2O2. The lowest BCUT2D eigenvalue weighted by Gasteiger charge is -2.14. The van der Waals surface area contributed by atoms with E-state index in [1.54, 1.807) is 6.92 Å². The van der Waals surface area contributed by atoms with Gasteiger partial charge in [-0.15, -0.1) is 0 Å². The molecule has 1 rings (SSSR count). The van der Waals surface area contributed by atoms with E-state index in [1.807, 2.05) is 0 Å². The number of hydrogen-bond acceptors (Lipinski definition) is 3. The summed E-state index contributed by atoms with van der Waals surface area (Å²) in [7, 11) is 0. The first-order valence-corrected chi connectivity index (χ1v) is 4.83. The van der Waals surface area contributed by atoms with Crippen LogP contribution in [0, 0.1) is 5.92 Å². The molecule has 1 aliphatic carbocycles. The Hall–Kier alpha value is -0.770. The SMILES string of the molecule is CC(OCC1CCCC1)C(N)=NO.